The van der Waals surface area contributed by atoms with E-state index in [-0.39, 0.29) is 28.6 Å². The maximum absolute atomic E-state index is 13.3. The standard InChI is InChI=1S/C23H28FN3O3S/c1-17(2)21-22(28)27(16-18-8-10-19(24)11-9-18)23(25-21)12-14-26(15-13-23)31(29,30)20-6-4-3-5-7-20/h3-11,17,21,25H,12-16H2,1-2H3. The van der Waals surface area contributed by atoms with E-state index >= 15 is 0 Å². The molecule has 8 heteroatoms. The number of nitrogens with zero attached hydrogens (tertiary/aromatic N) is 2. The fraction of sp³-hybridized carbons (Fsp3) is 0.435. The minimum atomic E-state index is -3.57. The topological polar surface area (TPSA) is 69.7 Å². The molecule has 2 saturated heterocycles. The van der Waals surface area contributed by atoms with Crippen molar-refractivity contribution >= 4 is 15.9 Å². The van der Waals surface area contributed by atoms with Crippen LogP contribution in [0.25, 0.3) is 0 Å². The summed E-state index contributed by atoms with van der Waals surface area (Å²) in [5, 5.41) is 3.53. The first-order valence-electron chi connectivity index (χ1n) is 10.6. The average Bonchev–Trinajstić information content (AvgIpc) is 3.02. The maximum Gasteiger partial charge on any atom is 0.243 e. The van der Waals surface area contributed by atoms with Gasteiger partial charge in [0.1, 0.15) is 5.82 Å². The lowest BCUT2D eigenvalue weighted by Gasteiger charge is -2.44. The smallest absolute Gasteiger partial charge is 0.243 e. The van der Waals surface area contributed by atoms with Crippen LogP contribution in [0.4, 0.5) is 4.39 Å². The van der Waals surface area contributed by atoms with Crippen LogP contribution in [0.2, 0.25) is 0 Å². The molecule has 2 aliphatic rings. The quantitative estimate of drug-likeness (QED) is 0.768. The third-order valence-electron chi connectivity index (χ3n) is 6.32. The summed E-state index contributed by atoms with van der Waals surface area (Å²) < 4.78 is 40.9. The predicted octanol–water partition coefficient (Wildman–Crippen LogP) is 2.96. The molecule has 4 rings (SSSR count). The Kier molecular flexibility index (Phi) is 5.89. The summed E-state index contributed by atoms with van der Waals surface area (Å²) in [6, 6.07) is 14.3. The first-order chi connectivity index (χ1) is 14.7. The Labute approximate surface area is 183 Å². The summed E-state index contributed by atoms with van der Waals surface area (Å²) in [5.41, 5.74) is 0.239. The van der Waals surface area contributed by atoms with E-state index in [1.54, 1.807) is 42.5 Å². The Morgan fingerprint density at radius 1 is 1.06 bits per heavy atom. The van der Waals surface area contributed by atoms with Crippen LogP contribution in [-0.2, 0) is 21.4 Å². The molecule has 6 nitrogen and oxygen atoms in total. The van der Waals surface area contributed by atoms with Crippen molar-refractivity contribution < 1.29 is 17.6 Å². The molecule has 166 valence electrons. The van der Waals surface area contributed by atoms with Gasteiger partial charge in [0.2, 0.25) is 15.9 Å². The number of sulfonamides is 1. The highest BCUT2D eigenvalue weighted by atomic mass is 32.2. The van der Waals surface area contributed by atoms with E-state index in [0.717, 1.165) is 5.56 Å². The molecule has 2 aromatic rings. The molecule has 1 N–H and O–H groups in total. The van der Waals surface area contributed by atoms with Gasteiger partial charge >= 0.3 is 0 Å². The van der Waals surface area contributed by atoms with Crippen molar-refractivity contribution in [2.24, 2.45) is 5.92 Å². The van der Waals surface area contributed by atoms with E-state index in [4.69, 9.17) is 0 Å². The SMILES string of the molecule is CC(C)C1NC2(CCN(S(=O)(=O)c3ccccc3)CC2)N(Cc2ccc(F)cc2)C1=O. The number of amides is 1. The minimum Gasteiger partial charge on any atom is -0.319 e. The number of carbonyl (C=O) groups is 1. The van der Waals surface area contributed by atoms with Gasteiger partial charge in [-0.05, 0) is 48.6 Å². The van der Waals surface area contributed by atoms with Gasteiger partial charge in [-0.2, -0.15) is 4.31 Å². The second-order valence-electron chi connectivity index (χ2n) is 8.67. The highest BCUT2D eigenvalue weighted by molar-refractivity contribution is 7.89. The average molecular weight is 446 g/mol. The molecule has 0 aromatic heterocycles. The molecule has 2 heterocycles. The molecule has 0 aliphatic carbocycles. The molecule has 1 unspecified atom stereocenters. The summed E-state index contributed by atoms with van der Waals surface area (Å²) in [5.74, 6) is -0.198. The van der Waals surface area contributed by atoms with Crippen LogP contribution >= 0.6 is 0 Å². The number of benzene rings is 2. The van der Waals surface area contributed by atoms with E-state index in [9.17, 15) is 17.6 Å². The van der Waals surface area contributed by atoms with E-state index in [0.29, 0.717) is 32.5 Å². The molecular weight excluding hydrogens is 417 g/mol. The minimum absolute atomic E-state index is 0.0127. The number of nitrogens with one attached hydrogen (secondary N) is 1. The molecule has 31 heavy (non-hydrogen) atoms. The van der Waals surface area contributed by atoms with Gasteiger partial charge < -0.3 is 4.90 Å². The van der Waals surface area contributed by atoms with Crippen molar-refractivity contribution in [1.29, 1.82) is 0 Å². The van der Waals surface area contributed by atoms with Gasteiger partial charge in [0, 0.05) is 19.6 Å². The first kappa shape index (κ1) is 21.9. The second kappa shape index (κ2) is 8.33. The monoisotopic (exact) mass is 445 g/mol. The van der Waals surface area contributed by atoms with E-state index in [1.165, 1.54) is 16.4 Å². The number of rotatable bonds is 5. The van der Waals surface area contributed by atoms with Crippen molar-refractivity contribution in [1.82, 2.24) is 14.5 Å². The Morgan fingerprint density at radius 3 is 2.26 bits per heavy atom. The largest absolute Gasteiger partial charge is 0.319 e. The Balaban J connectivity index is 1.57. The van der Waals surface area contributed by atoms with Crippen molar-refractivity contribution in [2.45, 2.75) is 49.8 Å². The van der Waals surface area contributed by atoms with Crippen LogP contribution in [0.3, 0.4) is 0 Å². The molecular formula is C23H28FN3O3S. The summed E-state index contributed by atoms with van der Waals surface area (Å²) >= 11 is 0. The summed E-state index contributed by atoms with van der Waals surface area (Å²) in [6.07, 6.45) is 0.991. The van der Waals surface area contributed by atoms with Gasteiger partial charge in [0.05, 0.1) is 16.6 Å². The molecule has 1 amide bonds. The third-order valence-corrected chi connectivity index (χ3v) is 8.24. The summed E-state index contributed by atoms with van der Waals surface area (Å²) in [4.78, 5) is 15.4. The van der Waals surface area contributed by atoms with Gasteiger partial charge in [-0.25, -0.2) is 12.8 Å². The third kappa shape index (κ3) is 4.12. The molecule has 1 atom stereocenters. The highest BCUT2D eigenvalue weighted by Crippen LogP contribution is 2.36. The lowest BCUT2D eigenvalue weighted by molar-refractivity contribution is -0.134. The number of piperidine rings is 1. The Morgan fingerprint density at radius 2 is 1.68 bits per heavy atom. The Hall–Kier alpha value is -2.29. The van der Waals surface area contributed by atoms with E-state index < -0.39 is 15.7 Å². The molecule has 1 spiro atoms. The maximum atomic E-state index is 13.3. The van der Waals surface area contributed by atoms with Crippen LogP contribution in [0.15, 0.2) is 59.5 Å². The summed E-state index contributed by atoms with van der Waals surface area (Å²) in [6.45, 7) is 5.00. The zero-order valence-electron chi connectivity index (χ0n) is 17.8. The molecule has 2 aliphatic heterocycles. The van der Waals surface area contributed by atoms with Crippen LogP contribution in [0, 0.1) is 11.7 Å². The molecule has 0 bridgehead atoms. The van der Waals surface area contributed by atoms with Crippen LogP contribution in [-0.4, -0.2) is 48.3 Å². The zero-order chi connectivity index (χ0) is 22.2. The van der Waals surface area contributed by atoms with Gasteiger partial charge in [0.25, 0.3) is 0 Å². The van der Waals surface area contributed by atoms with Crippen LogP contribution in [0.5, 0.6) is 0 Å². The number of hydrogen-bond acceptors (Lipinski definition) is 4. The van der Waals surface area contributed by atoms with Crippen LogP contribution in [0.1, 0.15) is 32.3 Å². The summed E-state index contributed by atoms with van der Waals surface area (Å²) in [7, 11) is -3.57. The number of carbonyl (C=O) groups excluding carboxylic acids is 1. The second-order valence-corrected chi connectivity index (χ2v) is 10.6. The van der Waals surface area contributed by atoms with Gasteiger partial charge in [-0.1, -0.05) is 44.2 Å². The lowest BCUT2D eigenvalue weighted by Crippen LogP contribution is -2.59. The normalized spacial score (nSPS) is 21.9. The molecule has 2 aromatic carbocycles. The van der Waals surface area contributed by atoms with E-state index in [1.807, 2.05) is 18.7 Å². The zero-order valence-corrected chi connectivity index (χ0v) is 18.6. The molecule has 0 saturated carbocycles. The fourth-order valence-electron chi connectivity index (χ4n) is 4.51. The highest BCUT2D eigenvalue weighted by Gasteiger charge is 2.53. The van der Waals surface area contributed by atoms with Gasteiger partial charge in [0.15, 0.2) is 0 Å². The van der Waals surface area contributed by atoms with Crippen molar-refractivity contribution in [3.05, 3.63) is 66.0 Å². The van der Waals surface area contributed by atoms with Crippen molar-refractivity contribution in [3.8, 4) is 0 Å². The number of halogens is 1. The number of hydrogen-bond donors (Lipinski definition) is 1. The first-order valence-corrected chi connectivity index (χ1v) is 12.1. The van der Waals surface area contributed by atoms with Gasteiger partial charge in [-0.15, -0.1) is 0 Å². The Bertz CT molecular complexity index is 1030. The van der Waals surface area contributed by atoms with Crippen LogP contribution < -0.4 is 5.32 Å². The molecule has 0 radical (unpaired) electrons. The van der Waals surface area contributed by atoms with E-state index in [2.05, 4.69) is 5.32 Å². The van der Waals surface area contributed by atoms with Gasteiger partial charge in [-0.3, -0.25) is 10.1 Å². The fourth-order valence-corrected chi connectivity index (χ4v) is 5.98. The van der Waals surface area contributed by atoms with Crippen molar-refractivity contribution in [3.63, 3.8) is 0 Å². The molecule has 2 fully saturated rings. The predicted molar refractivity (Wildman–Crippen MR) is 116 cm³/mol. The van der Waals surface area contributed by atoms with Crippen molar-refractivity contribution in [2.75, 3.05) is 13.1 Å². The lowest BCUT2D eigenvalue weighted by atomic mass is 9.96.